The van der Waals surface area contributed by atoms with Crippen LogP contribution in [0.25, 0.3) is 0 Å². The number of ether oxygens (including phenoxy) is 2. The standard InChI is InChI=1S/C20H22N2O7S/c1-14(23)22-16-5-3-15(4-6-16)19(24)13-29-20(25)11-12-21-30(26,27)18-9-7-17(28-2)8-10-18/h3-10,21H,11-13H2,1-2H3,(H,22,23). The van der Waals surface area contributed by atoms with Gasteiger partial charge in [0.25, 0.3) is 0 Å². The smallest absolute Gasteiger partial charge is 0.307 e. The third-order valence-corrected chi connectivity index (χ3v) is 5.36. The lowest BCUT2D eigenvalue weighted by molar-refractivity contribution is -0.142. The van der Waals surface area contributed by atoms with Crippen molar-refractivity contribution in [2.24, 2.45) is 0 Å². The largest absolute Gasteiger partial charge is 0.497 e. The van der Waals surface area contributed by atoms with Gasteiger partial charge in [-0.3, -0.25) is 14.4 Å². The summed E-state index contributed by atoms with van der Waals surface area (Å²) in [5.41, 5.74) is 0.859. The Bertz CT molecular complexity index is 1000. The summed E-state index contributed by atoms with van der Waals surface area (Å²) in [6.07, 6.45) is -0.232. The van der Waals surface area contributed by atoms with Gasteiger partial charge in [0.2, 0.25) is 15.9 Å². The molecule has 2 aromatic carbocycles. The molecule has 0 aromatic heterocycles. The Balaban J connectivity index is 1.77. The summed E-state index contributed by atoms with van der Waals surface area (Å²) in [4.78, 5) is 34.9. The van der Waals surface area contributed by atoms with Crippen LogP contribution in [0.1, 0.15) is 23.7 Å². The number of Topliss-reactive ketones (excluding diaryl/α,β-unsaturated/α-hetero) is 1. The van der Waals surface area contributed by atoms with Crippen LogP contribution in [0.2, 0.25) is 0 Å². The lowest BCUT2D eigenvalue weighted by atomic mass is 10.1. The summed E-state index contributed by atoms with van der Waals surface area (Å²) < 4.78 is 36.5. The molecule has 0 aliphatic rings. The van der Waals surface area contributed by atoms with E-state index in [1.807, 2.05) is 0 Å². The minimum atomic E-state index is -3.78. The van der Waals surface area contributed by atoms with Crippen molar-refractivity contribution in [2.75, 3.05) is 25.6 Å². The van der Waals surface area contributed by atoms with Gasteiger partial charge in [0.15, 0.2) is 12.4 Å². The summed E-state index contributed by atoms with van der Waals surface area (Å²) in [6.45, 7) is 0.728. The molecule has 2 rings (SSSR count). The Morgan fingerprint density at radius 3 is 2.17 bits per heavy atom. The summed E-state index contributed by atoms with van der Waals surface area (Å²) in [5, 5.41) is 2.58. The maximum absolute atomic E-state index is 12.2. The van der Waals surface area contributed by atoms with Crippen molar-refractivity contribution in [2.45, 2.75) is 18.2 Å². The average Bonchev–Trinajstić information content (AvgIpc) is 2.72. The van der Waals surface area contributed by atoms with Gasteiger partial charge >= 0.3 is 5.97 Å². The molecule has 0 atom stereocenters. The molecule has 2 aromatic rings. The van der Waals surface area contributed by atoms with Crippen molar-refractivity contribution >= 4 is 33.4 Å². The van der Waals surface area contributed by atoms with Crippen molar-refractivity contribution in [1.29, 1.82) is 0 Å². The van der Waals surface area contributed by atoms with Crippen LogP contribution in [0, 0.1) is 0 Å². The Labute approximate surface area is 174 Å². The van der Waals surface area contributed by atoms with E-state index in [1.54, 1.807) is 12.1 Å². The molecule has 0 saturated heterocycles. The number of carbonyl (C=O) groups excluding carboxylic acids is 3. The Morgan fingerprint density at radius 2 is 1.60 bits per heavy atom. The zero-order valence-corrected chi connectivity index (χ0v) is 17.3. The van der Waals surface area contributed by atoms with Gasteiger partial charge in [-0.15, -0.1) is 0 Å². The van der Waals surface area contributed by atoms with Gasteiger partial charge in [-0.05, 0) is 48.5 Å². The number of esters is 1. The summed E-state index contributed by atoms with van der Waals surface area (Å²) in [6, 6.07) is 11.9. The topological polar surface area (TPSA) is 128 Å². The van der Waals surface area contributed by atoms with Gasteiger partial charge in [0.1, 0.15) is 5.75 Å². The van der Waals surface area contributed by atoms with E-state index in [2.05, 4.69) is 10.0 Å². The fraction of sp³-hybridized carbons (Fsp3) is 0.250. The van der Waals surface area contributed by atoms with Crippen LogP contribution >= 0.6 is 0 Å². The first-order chi connectivity index (χ1) is 14.2. The first kappa shape index (κ1) is 23.0. The summed E-state index contributed by atoms with van der Waals surface area (Å²) >= 11 is 0. The molecule has 2 N–H and O–H groups in total. The molecule has 1 amide bonds. The first-order valence-electron chi connectivity index (χ1n) is 8.91. The minimum absolute atomic E-state index is 0.0366. The van der Waals surface area contributed by atoms with Gasteiger partial charge < -0.3 is 14.8 Å². The molecule has 10 heteroatoms. The van der Waals surface area contributed by atoms with Gasteiger partial charge in [0, 0.05) is 24.7 Å². The van der Waals surface area contributed by atoms with Crippen molar-refractivity contribution < 1.29 is 32.3 Å². The molecule has 0 heterocycles. The first-order valence-corrected chi connectivity index (χ1v) is 10.4. The fourth-order valence-electron chi connectivity index (χ4n) is 2.37. The van der Waals surface area contributed by atoms with Gasteiger partial charge in [-0.1, -0.05) is 0 Å². The number of nitrogens with one attached hydrogen (secondary N) is 2. The van der Waals surface area contributed by atoms with Crippen LogP contribution in [-0.4, -0.2) is 46.3 Å². The van der Waals surface area contributed by atoms with E-state index in [4.69, 9.17) is 9.47 Å². The number of methoxy groups -OCH3 is 1. The van der Waals surface area contributed by atoms with Crippen LogP contribution in [-0.2, 0) is 24.3 Å². The van der Waals surface area contributed by atoms with Crippen LogP contribution in [0.3, 0.4) is 0 Å². The number of sulfonamides is 1. The molecule has 0 aliphatic carbocycles. The highest BCUT2D eigenvalue weighted by Crippen LogP contribution is 2.15. The van der Waals surface area contributed by atoms with Crippen molar-refractivity contribution in [3.63, 3.8) is 0 Å². The van der Waals surface area contributed by atoms with Crippen molar-refractivity contribution in [1.82, 2.24) is 4.72 Å². The Morgan fingerprint density at radius 1 is 0.967 bits per heavy atom. The lowest BCUT2D eigenvalue weighted by Crippen LogP contribution is -2.27. The zero-order valence-electron chi connectivity index (χ0n) is 16.5. The maximum atomic E-state index is 12.2. The number of carbonyl (C=O) groups is 3. The SMILES string of the molecule is COc1ccc(S(=O)(=O)NCCC(=O)OCC(=O)c2ccc(NC(C)=O)cc2)cc1. The molecule has 160 valence electrons. The Kier molecular flexibility index (Phi) is 8.07. The zero-order chi connectivity index (χ0) is 22.1. The molecule has 0 saturated carbocycles. The van der Waals surface area contributed by atoms with Gasteiger partial charge in [-0.25, -0.2) is 13.1 Å². The van der Waals surface area contributed by atoms with Crippen LogP contribution in [0.4, 0.5) is 5.69 Å². The molecule has 9 nitrogen and oxygen atoms in total. The van der Waals surface area contributed by atoms with Crippen LogP contribution in [0.5, 0.6) is 5.75 Å². The monoisotopic (exact) mass is 434 g/mol. The molecular formula is C20H22N2O7S. The van der Waals surface area contributed by atoms with E-state index in [0.29, 0.717) is 17.0 Å². The normalized spacial score (nSPS) is 10.9. The van der Waals surface area contributed by atoms with E-state index >= 15 is 0 Å². The fourth-order valence-corrected chi connectivity index (χ4v) is 3.40. The predicted molar refractivity (Wildman–Crippen MR) is 109 cm³/mol. The quantitative estimate of drug-likeness (QED) is 0.431. The number of benzene rings is 2. The van der Waals surface area contributed by atoms with Crippen molar-refractivity contribution in [3.8, 4) is 5.75 Å². The molecular weight excluding hydrogens is 412 g/mol. The van der Waals surface area contributed by atoms with Crippen molar-refractivity contribution in [3.05, 3.63) is 54.1 Å². The average molecular weight is 434 g/mol. The second-order valence-electron chi connectivity index (χ2n) is 6.17. The third-order valence-electron chi connectivity index (χ3n) is 3.88. The van der Waals surface area contributed by atoms with Gasteiger partial charge in [0.05, 0.1) is 18.4 Å². The highest BCUT2D eigenvalue weighted by Gasteiger charge is 2.15. The molecule has 0 aliphatic heterocycles. The molecule has 0 bridgehead atoms. The summed E-state index contributed by atoms with van der Waals surface area (Å²) in [7, 11) is -2.31. The molecule has 0 unspecified atom stereocenters. The molecule has 0 fully saturated rings. The van der Waals surface area contributed by atoms with E-state index in [-0.39, 0.29) is 23.8 Å². The number of rotatable bonds is 10. The van der Waals surface area contributed by atoms with E-state index in [1.165, 1.54) is 50.4 Å². The molecule has 0 spiro atoms. The Hall–Kier alpha value is -3.24. The number of anilines is 1. The maximum Gasteiger partial charge on any atom is 0.307 e. The second kappa shape index (κ2) is 10.5. The number of hydrogen-bond donors (Lipinski definition) is 2. The minimum Gasteiger partial charge on any atom is -0.497 e. The molecule has 0 radical (unpaired) electrons. The number of hydrogen-bond acceptors (Lipinski definition) is 7. The van der Waals surface area contributed by atoms with Crippen LogP contribution in [0.15, 0.2) is 53.4 Å². The number of ketones is 1. The third kappa shape index (κ3) is 6.98. The number of amides is 1. The van der Waals surface area contributed by atoms with Crippen LogP contribution < -0.4 is 14.8 Å². The molecule has 30 heavy (non-hydrogen) atoms. The van der Waals surface area contributed by atoms with E-state index in [0.717, 1.165) is 0 Å². The van der Waals surface area contributed by atoms with E-state index in [9.17, 15) is 22.8 Å². The second-order valence-corrected chi connectivity index (χ2v) is 7.93. The van der Waals surface area contributed by atoms with Gasteiger partial charge in [-0.2, -0.15) is 0 Å². The summed E-state index contributed by atoms with van der Waals surface area (Å²) in [5.74, 6) is -0.843. The van der Waals surface area contributed by atoms with E-state index < -0.39 is 28.4 Å². The highest BCUT2D eigenvalue weighted by atomic mass is 32.2. The highest BCUT2D eigenvalue weighted by molar-refractivity contribution is 7.89. The lowest BCUT2D eigenvalue weighted by Gasteiger charge is -2.08. The predicted octanol–water partition coefficient (Wildman–Crippen LogP) is 1.75.